The monoisotopic (exact) mass is 353 g/mol. The van der Waals surface area contributed by atoms with Gasteiger partial charge in [0.05, 0.1) is 17.1 Å². The average molecular weight is 353 g/mol. The van der Waals surface area contributed by atoms with Crippen LogP contribution in [0.25, 0.3) is 0 Å². The van der Waals surface area contributed by atoms with Gasteiger partial charge in [0.15, 0.2) is 9.84 Å². The van der Waals surface area contributed by atoms with Crippen molar-refractivity contribution in [2.75, 3.05) is 18.1 Å². The Hall–Kier alpha value is -1.89. The standard InChI is InChI=1S/C17H23NO5S/c1-2-10-18(14-9-11-24(22,23)12-14)16(19)8-7-13-5-3-4-6-15(13)17(20)21/h3-6,14H,2,7-12H2,1H3,(H,20,21). The van der Waals surface area contributed by atoms with E-state index in [4.69, 9.17) is 0 Å². The number of nitrogens with zero attached hydrogens (tertiary/aromatic N) is 1. The summed E-state index contributed by atoms with van der Waals surface area (Å²) in [4.78, 5) is 25.5. The number of carbonyl (C=O) groups is 2. The second kappa shape index (κ2) is 7.79. The second-order valence-electron chi connectivity index (χ2n) is 6.11. The van der Waals surface area contributed by atoms with Crippen LogP contribution in [0.4, 0.5) is 0 Å². The Labute approximate surface area is 142 Å². The third-order valence-corrected chi connectivity index (χ3v) is 6.04. The molecule has 0 spiro atoms. The molecule has 1 heterocycles. The third-order valence-electron chi connectivity index (χ3n) is 4.29. The first-order valence-corrected chi connectivity index (χ1v) is 9.97. The Morgan fingerprint density at radius 1 is 1.29 bits per heavy atom. The molecule has 1 unspecified atom stereocenters. The Balaban J connectivity index is 2.05. The molecule has 132 valence electrons. The lowest BCUT2D eigenvalue weighted by atomic mass is 10.0. The molecule has 0 saturated carbocycles. The SMILES string of the molecule is CCCN(C(=O)CCc1ccccc1C(=O)O)C1CCS(=O)(=O)C1. The van der Waals surface area contributed by atoms with E-state index in [0.29, 0.717) is 24.9 Å². The van der Waals surface area contributed by atoms with Crippen molar-refractivity contribution in [1.82, 2.24) is 4.90 Å². The van der Waals surface area contributed by atoms with Crippen molar-refractivity contribution in [2.24, 2.45) is 0 Å². The van der Waals surface area contributed by atoms with Gasteiger partial charge in [-0.1, -0.05) is 25.1 Å². The Kier molecular flexibility index (Phi) is 5.99. The molecule has 1 aliphatic rings. The smallest absolute Gasteiger partial charge is 0.335 e. The molecular formula is C17H23NO5S. The lowest BCUT2D eigenvalue weighted by Gasteiger charge is -2.28. The Bertz CT molecular complexity index is 713. The van der Waals surface area contributed by atoms with E-state index in [0.717, 1.165) is 6.42 Å². The predicted molar refractivity (Wildman–Crippen MR) is 90.8 cm³/mol. The van der Waals surface area contributed by atoms with E-state index in [2.05, 4.69) is 0 Å². The van der Waals surface area contributed by atoms with Crippen LogP contribution < -0.4 is 0 Å². The van der Waals surface area contributed by atoms with E-state index >= 15 is 0 Å². The molecule has 1 N–H and O–H groups in total. The topological polar surface area (TPSA) is 91.8 Å². The van der Waals surface area contributed by atoms with Gasteiger partial charge in [-0.15, -0.1) is 0 Å². The maximum Gasteiger partial charge on any atom is 0.335 e. The van der Waals surface area contributed by atoms with Gasteiger partial charge in [0.2, 0.25) is 5.91 Å². The van der Waals surface area contributed by atoms with Crippen LogP contribution in [0.5, 0.6) is 0 Å². The van der Waals surface area contributed by atoms with Gasteiger partial charge < -0.3 is 10.0 Å². The third kappa shape index (κ3) is 4.56. The van der Waals surface area contributed by atoms with E-state index < -0.39 is 15.8 Å². The quantitative estimate of drug-likeness (QED) is 0.806. The normalized spacial score (nSPS) is 19.1. The molecule has 24 heavy (non-hydrogen) atoms. The zero-order valence-electron chi connectivity index (χ0n) is 13.8. The molecule has 0 aromatic heterocycles. The number of sulfone groups is 1. The molecular weight excluding hydrogens is 330 g/mol. The van der Waals surface area contributed by atoms with E-state index in [-0.39, 0.29) is 35.4 Å². The average Bonchev–Trinajstić information content (AvgIpc) is 2.90. The molecule has 0 bridgehead atoms. The predicted octanol–water partition coefficient (Wildman–Crippen LogP) is 1.74. The van der Waals surface area contributed by atoms with Crippen LogP contribution in [0.15, 0.2) is 24.3 Å². The molecule has 1 amide bonds. The zero-order chi connectivity index (χ0) is 17.7. The van der Waals surface area contributed by atoms with E-state index in [1.165, 1.54) is 6.07 Å². The first-order valence-electron chi connectivity index (χ1n) is 8.15. The summed E-state index contributed by atoms with van der Waals surface area (Å²) in [5.41, 5.74) is 0.824. The minimum absolute atomic E-state index is 0.0322. The highest BCUT2D eigenvalue weighted by Gasteiger charge is 2.34. The highest BCUT2D eigenvalue weighted by atomic mass is 32.2. The van der Waals surface area contributed by atoms with Crippen molar-refractivity contribution in [2.45, 2.75) is 38.6 Å². The zero-order valence-corrected chi connectivity index (χ0v) is 14.6. The van der Waals surface area contributed by atoms with Gasteiger partial charge in [-0.25, -0.2) is 13.2 Å². The summed E-state index contributed by atoms with van der Waals surface area (Å²) in [5.74, 6) is -0.957. The number of aryl methyl sites for hydroxylation is 1. The number of hydrogen-bond acceptors (Lipinski definition) is 4. The van der Waals surface area contributed by atoms with Gasteiger partial charge in [0.1, 0.15) is 0 Å². The number of carboxylic acid groups (broad SMARTS) is 1. The molecule has 7 heteroatoms. The molecule has 2 rings (SSSR count). The van der Waals surface area contributed by atoms with Gasteiger partial charge in [0.25, 0.3) is 0 Å². The number of benzene rings is 1. The number of amides is 1. The van der Waals surface area contributed by atoms with Crippen molar-refractivity contribution in [3.63, 3.8) is 0 Å². The van der Waals surface area contributed by atoms with E-state index in [1.807, 2.05) is 6.92 Å². The van der Waals surface area contributed by atoms with Crippen LogP contribution >= 0.6 is 0 Å². The summed E-state index contributed by atoms with van der Waals surface area (Å²) >= 11 is 0. The molecule has 1 aliphatic heterocycles. The second-order valence-corrected chi connectivity index (χ2v) is 8.34. The molecule has 1 atom stereocenters. The maximum atomic E-state index is 12.6. The van der Waals surface area contributed by atoms with E-state index in [1.54, 1.807) is 23.1 Å². The maximum absolute atomic E-state index is 12.6. The Morgan fingerprint density at radius 2 is 2.00 bits per heavy atom. The fourth-order valence-electron chi connectivity index (χ4n) is 3.11. The van der Waals surface area contributed by atoms with Gasteiger partial charge >= 0.3 is 5.97 Å². The molecule has 0 aliphatic carbocycles. The van der Waals surface area contributed by atoms with Gasteiger partial charge in [-0.2, -0.15) is 0 Å². The van der Waals surface area contributed by atoms with Crippen LogP contribution in [0.3, 0.4) is 0 Å². The summed E-state index contributed by atoms with van der Waals surface area (Å²) < 4.78 is 23.3. The summed E-state index contributed by atoms with van der Waals surface area (Å²) in [7, 11) is -3.05. The van der Waals surface area contributed by atoms with Crippen LogP contribution in [-0.2, 0) is 21.1 Å². The van der Waals surface area contributed by atoms with Gasteiger partial charge in [-0.3, -0.25) is 4.79 Å². The van der Waals surface area contributed by atoms with Crippen molar-refractivity contribution in [1.29, 1.82) is 0 Å². The first-order chi connectivity index (χ1) is 11.3. The minimum atomic E-state index is -3.05. The molecule has 1 aromatic rings. The number of carboxylic acids is 1. The van der Waals surface area contributed by atoms with Crippen molar-refractivity contribution < 1.29 is 23.1 Å². The van der Waals surface area contributed by atoms with Crippen molar-refractivity contribution in [3.05, 3.63) is 35.4 Å². The number of rotatable bonds is 7. The van der Waals surface area contributed by atoms with Crippen molar-refractivity contribution >= 4 is 21.7 Å². The highest BCUT2D eigenvalue weighted by molar-refractivity contribution is 7.91. The summed E-state index contributed by atoms with van der Waals surface area (Å²) in [5, 5.41) is 9.19. The largest absolute Gasteiger partial charge is 0.478 e. The van der Waals surface area contributed by atoms with Crippen LogP contribution in [0, 0.1) is 0 Å². The lowest BCUT2D eigenvalue weighted by molar-refractivity contribution is -0.133. The van der Waals surface area contributed by atoms with E-state index in [9.17, 15) is 23.1 Å². The van der Waals surface area contributed by atoms with Crippen LogP contribution in [0.1, 0.15) is 42.1 Å². The summed E-state index contributed by atoms with van der Waals surface area (Å²) in [6.07, 6.45) is 1.76. The van der Waals surface area contributed by atoms with Crippen LogP contribution in [0.2, 0.25) is 0 Å². The summed E-state index contributed by atoms with van der Waals surface area (Å²) in [6, 6.07) is 6.38. The van der Waals surface area contributed by atoms with Gasteiger partial charge in [-0.05, 0) is 30.9 Å². The number of carbonyl (C=O) groups excluding carboxylic acids is 1. The van der Waals surface area contributed by atoms with Crippen LogP contribution in [-0.4, -0.2) is 54.4 Å². The molecule has 1 fully saturated rings. The Morgan fingerprint density at radius 3 is 2.58 bits per heavy atom. The lowest BCUT2D eigenvalue weighted by Crippen LogP contribution is -2.41. The molecule has 1 aromatic carbocycles. The van der Waals surface area contributed by atoms with Gasteiger partial charge in [0, 0.05) is 19.0 Å². The first kappa shape index (κ1) is 18.4. The minimum Gasteiger partial charge on any atom is -0.478 e. The van der Waals surface area contributed by atoms with Crippen molar-refractivity contribution in [3.8, 4) is 0 Å². The molecule has 6 nitrogen and oxygen atoms in total. The number of hydrogen-bond donors (Lipinski definition) is 1. The molecule has 0 radical (unpaired) electrons. The highest BCUT2D eigenvalue weighted by Crippen LogP contribution is 2.20. The fourth-order valence-corrected chi connectivity index (χ4v) is 4.84. The summed E-state index contributed by atoms with van der Waals surface area (Å²) in [6.45, 7) is 2.48. The molecule has 1 saturated heterocycles. The fraction of sp³-hybridized carbons (Fsp3) is 0.529. The number of aromatic carboxylic acids is 1.